The molecule has 2 heterocycles. The Morgan fingerprint density at radius 1 is 0.671 bits per heavy atom. The third kappa shape index (κ3) is 10.8. The van der Waals surface area contributed by atoms with Crippen molar-refractivity contribution >= 4 is 31.3 Å². The van der Waals surface area contributed by atoms with Gasteiger partial charge in [-0.15, -0.1) is 0 Å². The number of ether oxygens (including phenoxy) is 6. The SMILES string of the molecule is COc1cc2c3c(c4c(c2cc1OC)-c1ccccc1C4(C)C)C=CC(c1ccc(OCCOC(C)(C)CC[Si](OC(C)(C)C)(OC(C)(C)C)OC(C)(C)C)cc1)(c1ccc(N2CCOCC2)cc1)O3. The number of fused-ring (bicyclic) bond motifs is 8. The lowest BCUT2D eigenvalue weighted by Gasteiger charge is -2.44. The normalized spacial score (nSPS) is 18.0. The Balaban J connectivity index is 1.09. The van der Waals surface area contributed by atoms with Crippen LogP contribution < -0.4 is 23.8 Å². The molecule has 5 aromatic rings. The molecular formula is C59H77NO9Si. The lowest BCUT2D eigenvalue weighted by atomic mass is 9.76. The molecule has 0 N–H and O–H groups in total. The Morgan fingerprint density at radius 3 is 1.80 bits per heavy atom. The topological polar surface area (TPSA) is 86.3 Å². The van der Waals surface area contributed by atoms with Crippen molar-refractivity contribution in [2.75, 3.05) is 58.6 Å². The van der Waals surface area contributed by atoms with Crippen LogP contribution in [0, 0.1) is 0 Å². The van der Waals surface area contributed by atoms with Gasteiger partial charge in [0.15, 0.2) is 17.1 Å². The van der Waals surface area contributed by atoms with Gasteiger partial charge in [0.1, 0.15) is 18.1 Å². The third-order valence-electron chi connectivity index (χ3n) is 13.3. The molecule has 0 radical (unpaired) electrons. The molecule has 1 fully saturated rings. The summed E-state index contributed by atoms with van der Waals surface area (Å²) in [5.74, 6) is 2.86. The van der Waals surface area contributed by atoms with E-state index in [0.717, 1.165) is 57.7 Å². The first-order valence-corrected chi connectivity index (χ1v) is 27.0. The van der Waals surface area contributed by atoms with Crippen molar-refractivity contribution in [1.82, 2.24) is 0 Å². The van der Waals surface area contributed by atoms with Crippen molar-refractivity contribution in [2.24, 2.45) is 0 Å². The number of nitrogens with zero attached hydrogens (tertiary/aromatic N) is 1. The van der Waals surface area contributed by atoms with E-state index in [9.17, 15) is 0 Å². The van der Waals surface area contributed by atoms with Crippen LogP contribution in [0.15, 0.2) is 91.0 Å². The van der Waals surface area contributed by atoms with Gasteiger partial charge in [-0.3, -0.25) is 0 Å². The van der Waals surface area contributed by atoms with Gasteiger partial charge in [-0.25, -0.2) is 0 Å². The first-order valence-electron chi connectivity index (χ1n) is 25.0. The summed E-state index contributed by atoms with van der Waals surface area (Å²) >= 11 is 0. The van der Waals surface area contributed by atoms with Crippen LogP contribution in [-0.2, 0) is 33.8 Å². The fourth-order valence-electron chi connectivity index (χ4n) is 10.4. The molecule has 11 heteroatoms. The van der Waals surface area contributed by atoms with Crippen LogP contribution in [-0.4, -0.2) is 84.9 Å². The van der Waals surface area contributed by atoms with E-state index < -0.39 is 36.8 Å². The molecule has 1 aliphatic carbocycles. The maximum atomic E-state index is 7.68. The molecule has 1 atom stereocenters. The highest BCUT2D eigenvalue weighted by molar-refractivity contribution is 6.61. The van der Waals surface area contributed by atoms with E-state index in [1.807, 2.05) is 12.1 Å². The molecule has 8 rings (SSSR count). The molecule has 0 saturated carbocycles. The highest BCUT2D eigenvalue weighted by Crippen LogP contribution is 2.59. The molecule has 0 amide bonds. The van der Waals surface area contributed by atoms with E-state index in [4.69, 9.17) is 41.7 Å². The summed E-state index contributed by atoms with van der Waals surface area (Å²) in [6.45, 7) is 31.3. The second-order valence-corrected chi connectivity index (χ2v) is 25.5. The van der Waals surface area contributed by atoms with Crippen molar-refractivity contribution in [2.45, 2.75) is 136 Å². The van der Waals surface area contributed by atoms with Crippen LogP contribution in [0.4, 0.5) is 5.69 Å². The van der Waals surface area contributed by atoms with Gasteiger partial charge >= 0.3 is 8.80 Å². The Kier molecular flexibility index (Phi) is 14.2. The van der Waals surface area contributed by atoms with Crippen LogP contribution in [0.3, 0.4) is 0 Å². The highest BCUT2D eigenvalue weighted by atomic mass is 28.4. The number of methoxy groups -OCH3 is 2. The van der Waals surface area contributed by atoms with Crippen molar-refractivity contribution in [3.05, 3.63) is 119 Å². The zero-order chi connectivity index (χ0) is 50.5. The zero-order valence-electron chi connectivity index (χ0n) is 44.5. The van der Waals surface area contributed by atoms with Gasteiger partial charge in [-0.2, -0.15) is 0 Å². The summed E-state index contributed by atoms with van der Waals surface area (Å²) in [7, 11) is 0.191. The van der Waals surface area contributed by atoms with Gasteiger partial charge < -0.3 is 46.6 Å². The van der Waals surface area contributed by atoms with E-state index in [1.165, 1.54) is 22.3 Å². The average molecular weight is 972 g/mol. The van der Waals surface area contributed by atoms with Crippen LogP contribution in [0.5, 0.6) is 23.0 Å². The minimum Gasteiger partial charge on any atom is -0.493 e. The Labute approximate surface area is 418 Å². The van der Waals surface area contributed by atoms with E-state index in [-0.39, 0.29) is 5.41 Å². The molecular weight excluding hydrogens is 895 g/mol. The molecule has 3 aliphatic rings. The molecule has 0 spiro atoms. The predicted octanol–water partition coefficient (Wildman–Crippen LogP) is 13.3. The first kappa shape index (κ1) is 51.5. The lowest BCUT2D eigenvalue weighted by Crippen LogP contribution is -2.57. The number of hydrogen-bond donors (Lipinski definition) is 0. The molecule has 70 heavy (non-hydrogen) atoms. The zero-order valence-corrected chi connectivity index (χ0v) is 45.5. The lowest BCUT2D eigenvalue weighted by molar-refractivity contribution is -0.0823. The van der Waals surface area contributed by atoms with Crippen LogP contribution >= 0.6 is 0 Å². The van der Waals surface area contributed by atoms with Crippen molar-refractivity contribution in [3.8, 4) is 34.1 Å². The third-order valence-corrected chi connectivity index (χ3v) is 16.9. The second kappa shape index (κ2) is 19.3. The molecule has 1 saturated heterocycles. The van der Waals surface area contributed by atoms with Gasteiger partial charge in [-0.1, -0.05) is 68.5 Å². The van der Waals surface area contributed by atoms with Gasteiger partial charge in [-0.05, 0) is 153 Å². The Bertz CT molecular complexity index is 2640. The van der Waals surface area contributed by atoms with E-state index >= 15 is 0 Å². The van der Waals surface area contributed by atoms with Gasteiger partial charge in [0.25, 0.3) is 0 Å². The van der Waals surface area contributed by atoms with Gasteiger partial charge in [0.2, 0.25) is 0 Å². The summed E-state index contributed by atoms with van der Waals surface area (Å²) in [6, 6.07) is 30.7. The molecule has 0 aromatic heterocycles. The number of hydrogen-bond acceptors (Lipinski definition) is 10. The minimum atomic E-state index is -3.18. The predicted molar refractivity (Wildman–Crippen MR) is 284 cm³/mol. The van der Waals surface area contributed by atoms with Crippen molar-refractivity contribution in [3.63, 3.8) is 0 Å². The maximum absolute atomic E-state index is 7.68. The van der Waals surface area contributed by atoms with Crippen LogP contribution in [0.2, 0.25) is 6.04 Å². The maximum Gasteiger partial charge on any atom is 0.502 e. The largest absolute Gasteiger partial charge is 0.502 e. The van der Waals surface area contributed by atoms with Crippen molar-refractivity contribution in [1.29, 1.82) is 0 Å². The summed E-state index contributed by atoms with van der Waals surface area (Å²) < 4.78 is 58.4. The summed E-state index contributed by atoms with van der Waals surface area (Å²) in [5, 5.41) is 2.01. The van der Waals surface area contributed by atoms with Gasteiger partial charge in [0.05, 0.1) is 56.4 Å². The molecule has 5 aromatic carbocycles. The Morgan fingerprint density at radius 2 is 1.23 bits per heavy atom. The number of morpholine rings is 1. The van der Waals surface area contributed by atoms with Gasteiger partial charge in [0, 0.05) is 52.3 Å². The summed E-state index contributed by atoms with van der Waals surface area (Å²) in [4.78, 5) is 2.37. The summed E-state index contributed by atoms with van der Waals surface area (Å²) in [6.07, 6.45) is 5.21. The highest BCUT2D eigenvalue weighted by Gasteiger charge is 2.51. The quantitative estimate of drug-likeness (QED) is 0.0704. The summed E-state index contributed by atoms with van der Waals surface area (Å²) in [5.41, 5.74) is 6.03. The average Bonchev–Trinajstić information content (AvgIpc) is 3.54. The fraction of sp³-hybridized carbons (Fsp3) is 0.492. The molecule has 376 valence electrons. The second-order valence-electron chi connectivity index (χ2n) is 23.0. The minimum absolute atomic E-state index is 0.295. The number of rotatable bonds is 16. The standard InChI is InChI=1S/C59H77NO9Si/c1-54(2,3)67-70(68-55(4,5)6,69-56(7,8)9)37-30-57(10,11)65-36-35-64-43-26-22-41(23-27-43)59(40-20-24-42(25-21-40)60-31-33-63-34-32-60)29-28-45-52-51(44-18-16-17-19-48(44)58(52,12)13)46-38-49(61-14)50(62-15)39-47(46)53(45)66-59/h16-29,38-39H,30-37H2,1-15H3. The van der Waals surface area contributed by atoms with E-state index in [0.29, 0.717) is 50.4 Å². The monoisotopic (exact) mass is 972 g/mol. The van der Waals surface area contributed by atoms with E-state index in [2.05, 4.69) is 180 Å². The van der Waals surface area contributed by atoms with Crippen LogP contribution in [0.1, 0.15) is 124 Å². The molecule has 0 bridgehead atoms. The number of anilines is 1. The smallest absolute Gasteiger partial charge is 0.493 e. The Hall–Kier alpha value is -4.88. The van der Waals surface area contributed by atoms with Crippen molar-refractivity contribution < 1.29 is 41.7 Å². The molecule has 1 unspecified atom stereocenters. The first-order chi connectivity index (χ1) is 32.9. The molecule has 2 aliphatic heterocycles. The number of benzene rings is 5. The van der Waals surface area contributed by atoms with E-state index in [1.54, 1.807) is 14.2 Å². The van der Waals surface area contributed by atoms with Crippen LogP contribution in [0.25, 0.3) is 28.0 Å². The molecule has 10 nitrogen and oxygen atoms in total. The fourth-order valence-corrected chi connectivity index (χ4v) is 14.6.